The molecule has 7 heteroatoms. The zero-order valence-corrected chi connectivity index (χ0v) is 17.0. The van der Waals surface area contributed by atoms with Gasteiger partial charge in [-0.05, 0) is 62.2 Å². The summed E-state index contributed by atoms with van der Waals surface area (Å²) in [5, 5.41) is 2.76. The third-order valence-electron chi connectivity index (χ3n) is 3.93. The van der Waals surface area contributed by atoms with E-state index in [0.29, 0.717) is 11.4 Å². The number of aryl methyl sites for hydroxylation is 2. The molecule has 25 heavy (non-hydrogen) atoms. The Hall–Kier alpha value is -1.86. The number of carbonyl (C=O) groups is 1. The average molecular weight is 425 g/mol. The number of rotatable bonds is 5. The first-order valence-electron chi connectivity index (χ1n) is 7.72. The van der Waals surface area contributed by atoms with E-state index >= 15 is 0 Å². The van der Waals surface area contributed by atoms with E-state index in [0.717, 1.165) is 26.2 Å². The van der Waals surface area contributed by atoms with Crippen LogP contribution in [0.5, 0.6) is 0 Å². The van der Waals surface area contributed by atoms with Crippen LogP contribution in [0.1, 0.15) is 18.1 Å². The Kier molecular flexibility index (Phi) is 5.90. The van der Waals surface area contributed by atoms with E-state index in [4.69, 9.17) is 0 Å². The molecule has 0 bridgehead atoms. The van der Waals surface area contributed by atoms with Crippen LogP contribution in [0.4, 0.5) is 11.4 Å². The molecule has 0 aliphatic carbocycles. The first kappa shape index (κ1) is 19.5. The van der Waals surface area contributed by atoms with Gasteiger partial charge in [0.15, 0.2) is 0 Å². The van der Waals surface area contributed by atoms with Gasteiger partial charge in [0.05, 0.1) is 11.9 Å². The van der Waals surface area contributed by atoms with Gasteiger partial charge in [-0.15, -0.1) is 0 Å². The fourth-order valence-corrected chi connectivity index (χ4v) is 4.05. The van der Waals surface area contributed by atoms with Crippen molar-refractivity contribution in [1.82, 2.24) is 0 Å². The van der Waals surface area contributed by atoms with Crippen LogP contribution in [-0.2, 0) is 14.8 Å². The number of benzene rings is 2. The molecule has 0 spiro atoms. The summed E-state index contributed by atoms with van der Waals surface area (Å²) in [6, 6.07) is 11.6. The van der Waals surface area contributed by atoms with E-state index in [-0.39, 0.29) is 0 Å². The molecule has 2 aromatic carbocycles. The molecular formula is C18H21BrN2O3S. The number of anilines is 2. The van der Waals surface area contributed by atoms with Gasteiger partial charge < -0.3 is 5.32 Å². The maximum Gasteiger partial charge on any atom is 0.247 e. The number of nitrogens with zero attached hydrogens (tertiary/aromatic N) is 1. The Morgan fingerprint density at radius 3 is 2.36 bits per heavy atom. The molecule has 0 radical (unpaired) electrons. The largest absolute Gasteiger partial charge is 0.324 e. The predicted molar refractivity (Wildman–Crippen MR) is 105 cm³/mol. The summed E-state index contributed by atoms with van der Waals surface area (Å²) in [5.74, 6) is -0.401. The molecule has 0 saturated carbocycles. The first-order chi connectivity index (χ1) is 11.6. The van der Waals surface area contributed by atoms with Crippen LogP contribution >= 0.6 is 15.9 Å². The highest BCUT2D eigenvalue weighted by molar-refractivity contribution is 9.10. The monoisotopic (exact) mass is 424 g/mol. The van der Waals surface area contributed by atoms with Gasteiger partial charge in [-0.2, -0.15) is 0 Å². The molecule has 1 atom stereocenters. The summed E-state index contributed by atoms with van der Waals surface area (Å²) in [6.45, 7) is 5.43. The van der Waals surface area contributed by atoms with Crippen molar-refractivity contribution in [1.29, 1.82) is 0 Å². The smallest absolute Gasteiger partial charge is 0.247 e. The minimum Gasteiger partial charge on any atom is -0.324 e. The van der Waals surface area contributed by atoms with Gasteiger partial charge in [0, 0.05) is 10.2 Å². The van der Waals surface area contributed by atoms with Gasteiger partial charge in [0.2, 0.25) is 15.9 Å². The lowest BCUT2D eigenvalue weighted by molar-refractivity contribution is -0.116. The second-order valence-electron chi connectivity index (χ2n) is 6.00. The van der Waals surface area contributed by atoms with Crippen molar-refractivity contribution in [2.75, 3.05) is 15.9 Å². The standard InChI is InChI=1S/C18H21BrN2O3S/c1-12-8-9-17(10-13(12)2)21(25(4,23)24)14(3)18(22)20-16-7-5-6-15(19)11-16/h5-11,14H,1-4H3,(H,20,22)/t14-/m0/s1. The van der Waals surface area contributed by atoms with Gasteiger partial charge in [-0.1, -0.05) is 28.1 Å². The molecule has 2 aromatic rings. The van der Waals surface area contributed by atoms with Crippen molar-refractivity contribution in [3.63, 3.8) is 0 Å². The number of hydrogen-bond donors (Lipinski definition) is 1. The second kappa shape index (κ2) is 7.58. The molecule has 0 aliphatic heterocycles. The van der Waals surface area contributed by atoms with Crippen molar-refractivity contribution in [2.24, 2.45) is 0 Å². The molecule has 0 aliphatic rings. The van der Waals surface area contributed by atoms with Crippen LogP contribution in [0, 0.1) is 13.8 Å². The molecule has 0 saturated heterocycles. The van der Waals surface area contributed by atoms with E-state index in [9.17, 15) is 13.2 Å². The lowest BCUT2D eigenvalue weighted by atomic mass is 10.1. The van der Waals surface area contributed by atoms with Crippen molar-refractivity contribution >= 4 is 43.2 Å². The quantitative estimate of drug-likeness (QED) is 0.791. The maximum absolute atomic E-state index is 12.6. The van der Waals surface area contributed by atoms with Gasteiger partial charge >= 0.3 is 0 Å². The van der Waals surface area contributed by atoms with Gasteiger partial charge in [-0.3, -0.25) is 9.10 Å². The highest BCUT2D eigenvalue weighted by atomic mass is 79.9. The summed E-state index contributed by atoms with van der Waals surface area (Å²) >= 11 is 3.34. The zero-order valence-electron chi connectivity index (χ0n) is 14.6. The first-order valence-corrected chi connectivity index (χ1v) is 10.4. The lowest BCUT2D eigenvalue weighted by Crippen LogP contribution is -2.45. The Morgan fingerprint density at radius 1 is 1.12 bits per heavy atom. The summed E-state index contributed by atoms with van der Waals surface area (Å²) in [7, 11) is -3.63. The minimum absolute atomic E-state index is 0.401. The molecule has 0 aromatic heterocycles. The van der Waals surface area contributed by atoms with Crippen LogP contribution in [0.3, 0.4) is 0 Å². The fraction of sp³-hybridized carbons (Fsp3) is 0.278. The molecule has 2 rings (SSSR count). The fourth-order valence-electron chi connectivity index (χ4n) is 2.48. The van der Waals surface area contributed by atoms with Crippen molar-refractivity contribution in [3.8, 4) is 0 Å². The second-order valence-corrected chi connectivity index (χ2v) is 8.78. The topological polar surface area (TPSA) is 66.5 Å². The number of nitrogens with one attached hydrogen (secondary N) is 1. The SMILES string of the molecule is Cc1ccc(N([C@@H](C)C(=O)Nc2cccc(Br)c2)S(C)(=O)=O)cc1C. The van der Waals surface area contributed by atoms with E-state index in [1.54, 1.807) is 37.3 Å². The third-order valence-corrected chi connectivity index (χ3v) is 5.66. The van der Waals surface area contributed by atoms with E-state index in [2.05, 4.69) is 21.2 Å². The molecule has 1 amide bonds. The Balaban J connectivity index is 2.34. The highest BCUT2D eigenvalue weighted by Gasteiger charge is 2.29. The van der Waals surface area contributed by atoms with Crippen LogP contribution in [0.2, 0.25) is 0 Å². The summed E-state index contributed by atoms with van der Waals surface area (Å²) < 4.78 is 26.6. The summed E-state index contributed by atoms with van der Waals surface area (Å²) in [6.07, 6.45) is 1.10. The Labute approximate surface area is 157 Å². The molecule has 134 valence electrons. The summed E-state index contributed by atoms with van der Waals surface area (Å²) in [4.78, 5) is 12.6. The normalized spacial score (nSPS) is 12.5. The molecular weight excluding hydrogens is 404 g/mol. The number of sulfonamides is 1. The summed E-state index contributed by atoms with van der Waals surface area (Å²) in [5.41, 5.74) is 3.09. The highest BCUT2D eigenvalue weighted by Crippen LogP contribution is 2.24. The number of amides is 1. The number of hydrogen-bond acceptors (Lipinski definition) is 3. The molecule has 1 N–H and O–H groups in total. The average Bonchev–Trinajstić information content (AvgIpc) is 2.49. The third kappa shape index (κ3) is 4.83. The zero-order chi connectivity index (χ0) is 18.8. The van der Waals surface area contributed by atoms with E-state index in [1.165, 1.54) is 0 Å². The van der Waals surface area contributed by atoms with E-state index in [1.807, 2.05) is 26.0 Å². The van der Waals surface area contributed by atoms with Gasteiger partial charge in [-0.25, -0.2) is 8.42 Å². The van der Waals surface area contributed by atoms with Crippen LogP contribution in [0.25, 0.3) is 0 Å². The Morgan fingerprint density at radius 2 is 1.80 bits per heavy atom. The molecule has 5 nitrogen and oxygen atoms in total. The van der Waals surface area contributed by atoms with Crippen molar-refractivity contribution in [3.05, 3.63) is 58.1 Å². The van der Waals surface area contributed by atoms with Crippen LogP contribution in [0.15, 0.2) is 46.9 Å². The molecule has 0 heterocycles. The van der Waals surface area contributed by atoms with Crippen molar-refractivity contribution < 1.29 is 13.2 Å². The predicted octanol–water partition coefficient (Wildman–Crippen LogP) is 3.86. The molecule has 0 fully saturated rings. The van der Waals surface area contributed by atoms with Gasteiger partial charge in [0.25, 0.3) is 0 Å². The minimum atomic E-state index is -3.63. The van der Waals surface area contributed by atoms with Crippen molar-refractivity contribution in [2.45, 2.75) is 26.8 Å². The maximum atomic E-state index is 12.6. The van der Waals surface area contributed by atoms with Crippen LogP contribution in [-0.4, -0.2) is 26.6 Å². The molecule has 0 unspecified atom stereocenters. The van der Waals surface area contributed by atoms with E-state index < -0.39 is 22.0 Å². The number of carbonyl (C=O) groups excluding carboxylic acids is 1. The number of halogens is 1. The Bertz CT molecular complexity index is 897. The lowest BCUT2D eigenvalue weighted by Gasteiger charge is -2.28. The van der Waals surface area contributed by atoms with Gasteiger partial charge in [0.1, 0.15) is 6.04 Å². The van der Waals surface area contributed by atoms with Crippen LogP contribution < -0.4 is 9.62 Å².